The van der Waals surface area contributed by atoms with Gasteiger partial charge in [0.15, 0.2) is 0 Å². The quantitative estimate of drug-likeness (QED) is 0.0599. The molecular weight excluding hydrogens is 610 g/mol. The van der Waals surface area contributed by atoms with Gasteiger partial charge in [-0.05, 0) is 59.7 Å². The van der Waals surface area contributed by atoms with Crippen LogP contribution in [0, 0.1) is 0 Å². The molecule has 8 N–H and O–H groups in total. The van der Waals surface area contributed by atoms with Crippen LogP contribution in [0.25, 0.3) is 0 Å². The summed E-state index contributed by atoms with van der Waals surface area (Å²) in [6.07, 6.45) is 0. The van der Waals surface area contributed by atoms with Gasteiger partial charge in [-0.15, -0.1) is 0 Å². The minimum absolute atomic E-state index is 0.136. The van der Waals surface area contributed by atoms with E-state index in [-0.39, 0.29) is 35.4 Å². The standard InChI is InChI=1S/C35H37N9O4/c36-30(25-9-5-2-6-10-25)32(47)37-19-21-48-22-20-38-33-42-34(44-35(43-33)41-28-15-17-29(45)18-16-28)40-27-13-11-26(12-14-27)31(46)39-23-24-7-3-1-4-8-24/h1-18,30,45H,19-23,36H2,(H,37,47)(H,39,46)(H3,38,40,41,42,43,44)/t30-/m1/s1. The number of carbonyl (C=O) groups excluding carboxylic acids is 2. The molecule has 0 saturated heterocycles. The fourth-order valence-corrected chi connectivity index (χ4v) is 4.46. The average Bonchev–Trinajstić information content (AvgIpc) is 3.12. The van der Waals surface area contributed by atoms with Crippen LogP contribution in [0.5, 0.6) is 5.75 Å². The number of phenols is 1. The van der Waals surface area contributed by atoms with Gasteiger partial charge in [-0.1, -0.05) is 60.7 Å². The van der Waals surface area contributed by atoms with Gasteiger partial charge >= 0.3 is 0 Å². The van der Waals surface area contributed by atoms with E-state index >= 15 is 0 Å². The lowest BCUT2D eigenvalue weighted by molar-refractivity contribution is -0.122. The summed E-state index contributed by atoms with van der Waals surface area (Å²) in [5.74, 6) is 0.484. The zero-order valence-corrected chi connectivity index (χ0v) is 26.1. The molecule has 1 atom stereocenters. The minimum Gasteiger partial charge on any atom is -0.508 e. The van der Waals surface area contributed by atoms with E-state index < -0.39 is 6.04 Å². The van der Waals surface area contributed by atoms with Crippen molar-refractivity contribution in [2.75, 3.05) is 42.3 Å². The summed E-state index contributed by atoms with van der Waals surface area (Å²) < 4.78 is 5.65. The van der Waals surface area contributed by atoms with Crippen molar-refractivity contribution in [2.45, 2.75) is 12.6 Å². The number of carbonyl (C=O) groups is 2. The van der Waals surface area contributed by atoms with Gasteiger partial charge in [0.2, 0.25) is 23.8 Å². The first-order chi connectivity index (χ1) is 23.4. The summed E-state index contributed by atoms with van der Waals surface area (Å²) in [7, 11) is 0. The van der Waals surface area contributed by atoms with Crippen LogP contribution in [0.15, 0.2) is 109 Å². The molecule has 0 unspecified atom stereocenters. The zero-order valence-electron chi connectivity index (χ0n) is 26.1. The predicted octanol–water partition coefficient (Wildman–Crippen LogP) is 4.24. The number of phenolic OH excluding ortho intramolecular Hbond substituents is 1. The monoisotopic (exact) mass is 647 g/mol. The number of ether oxygens (including phenoxy) is 1. The van der Waals surface area contributed by atoms with E-state index in [4.69, 9.17) is 10.5 Å². The number of aromatic hydroxyl groups is 1. The predicted molar refractivity (Wildman–Crippen MR) is 184 cm³/mol. The molecule has 4 aromatic carbocycles. The van der Waals surface area contributed by atoms with Crippen LogP contribution in [0.3, 0.4) is 0 Å². The third-order valence-corrected chi connectivity index (χ3v) is 6.97. The van der Waals surface area contributed by atoms with E-state index in [0.717, 1.165) is 11.1 Å². The van der Waals surface area contributed by atoms with Gasteiger partial charge in [0.05, 0.1) is 13.2 Å². The number of rotatable bonds is 16. The van der Waals surface area contributed by atoms with E-state index in [1.807, 2.05) is 60.7 Å². The highest BCUT2D eigenvalue weighted by Crippen LogP contribution is 2.21. The molecule has 48 heavy (non-hydrogen) atoms. The Morgan fingerprint density at radius 2 is 1.25 bits per heavy atom. The molecule has 0 radical (unpaired) electrons. The second-order valence-corrected chi connectivity index (χ2v) is 10.6. The average molecular weight is 648 g/mol. The molecule has 0 bridgehead atoms. The Morgan fingerprint density at radius 3 is 1.90 bits per heavy atom. The van der Waals surface area contributed by atoms with Crippen LogP contribution in [-0.4, -0.2) is 58.2 Å². The molecule has 0 aliphatic heterocycles. The maximum Gasteiger partial charge on any atom is 0.251 e. The first kappa shape index (κ1) is 33.3. The molecule has 0 fully saturated rings. The Labute approximate surface area is 278 Å². The van der Waals surface area contributed by atoms with Crippen molar-refractivity contribution in [3.05, 3.63) is 126 Å². The van der Waals surface area contributed by atoms with Crippen LogP contribution < -0.4 is 32.3 Å². The SMILES string of the molecule is N[C@@H](C(=O)NCCOCCNc1nc(Nc2ccc(O)cc2)nc(Nc2ccc(C(=O)NCc3ccccc3)cc2)n1)c1ccccc1. The van der Waals surface area contributed by atoms with Gasteiger partial charge < -0.3 is 42.2 Å². The summed E-state index contributed by atoms with van der Waals surface area (Å²) in [4.78, 5) is 38.4. The third kappa shape index (κ3) is 10.2. The lowest BCUT2D eigenvalue weighted by atomic mass is 10.1. The molecule has 13 heteroatoms. The molecule has 1 heterocycles. The Kier molecular flexibility index (Phi) is 11.8. The van der Waals surface area contributed by atoms with E-state index in [1.54, 1.807) is 48.5 Å². The smallest absolute Gasteiger partial charge is 0.251 e. The van der Waals surface area contributed by atoms with E-state index in [1.165, 1.54) is 0 Å². The third-order valence-electron chi connectivity index (χ3n) is 6.97. The van der Waals surface area contributed by atoms with E-state index in [2.05, 4.69) is 41.5 Å². The number of aromatic nitrogens is 3. The van der Waals surface area contributed by atoms with Crippen molar-refractivity contribution in [1.82, 2.24) is 25.6 Å². The molecule has 5 rings (SSSR count). The highest BCUT2D eigenvalue weighted by atomic mass is 16.5. The minimum atomic E-state index is -0.744. The maximum absolute atomic E-state index is 12.6. The van der Waals surface area contributed by atoms with Crippen molar-refractivity contribution in [1.29, 1.82) is 0 Å². The van der Waals surface area contributed by atoms with Gasteiger partial charge in [-0.3, -0.25) is 9.59 Å². The molecule has 0 spiro atoms. The molecule has 246 valence electrons. The van der Waals surface area contributed by atoms with E-state index in [9.17, 15) is 14.7 Å². The van der Waals surface area contributed by atoms with Crippen molar-refractivity contribution in [3.63, 3.8) is 0 Å². The number of benzene rings is 4. The lowest BCUT2D eigenvalue weighted by Gasteiger charge is -2.13. The fraction of sp³-hybridized carbons (Fsp3) is 0.171. The Hall–Kier alpha value is -6.05. The van der Waals surface area contributed by atoms with Gasteiger partial charge in [0, 0.05) is 36.6 Å². The maximum atomic E-state index is 12.6. The molecule has 2 amide bonds. The molecule has 0 aliphatic rings. The van der Waals surface area contributed by atoms with Crippen LogP contribution in [0.1, 0.15) is 27.5 Å². The number of anilines is 5. The highest BCUT2D eigenvalue weighted by Gasteiger charge is 2.14. The normalized spacial score (nSPS) is 11.3. The van der Waals surface area contributed by atoms with Crippen LogP contribution >= 0.6 is 0 Å². The van der Waals surface area contributed by atoms with Gasteiger partial charge in [0.1, 0.15) is 11.8 Å². The van der Waals surface area contributed by atoms with Crippen LogP contribution in [-0.2, 0) is 16.1 Å². The number of amides is 2. The summed E-state index contributed by atoms with van der Waals surface area (Å²) in [5.41, 5.74) is 9.63. The number of nitrogens with zero attached hydrogens (tertiary/aromatic N) is 3. The van der Waals surface area contributed by atoms with Crippen molar-refractivity contribution in [2.24, 2.45) is 5.73 Å². The van der Waals surface area contributed by atoms with Crippen LogP contribution in [0.4, 0.5) is 29.2 Å². The molecule has 5 aromatic rings. The van der Waals surface area contributed by atoms with Crippen molar-refractivity contribution < 1.29 is 19.4 Å². The molecule has 1 aromatic heterocycles. The van der Waals surface area contributed by atoms with Gasteiger partial charge in [0.25, 0.3) is 5.91 Å². The highest BCUT2D eigenvalue weighted by molar-refractivity contribution is 5.94. The molecule has 0 saturated carbocycles. The van der Waals surface area contributed by atoms with Crippen molar-refractivity contribution >= 4 is 41.0 Å². The van der Waals surface area contributed by atoms with Crippen molar-refractivity contribution in [3.8, 4) is 5.75 Å². The van der Waals surface area contributed by atoms with Gasteiger partial charge in [-0.2, -0.15) is 15.0 Å². The fourth-order valence-electron chi connectivity index (χ4n) is 4.46. The Balaban J connectivity index is 1.14. The summed E-state index contributed by atoms with van der Waals surface area (Å²) in [6.45, 7) is 1.75. The summed E-state index contributed by atoms with van der Waals surface area (Å²) in [6, 6.07) is 31.6. The number of nitrogens with one attached hydrogen (secondary N) is 5. The summed E-state index contributed by atoms with van der Waals surface area (Å²) >= 11 is 0. The number of hydrogen-bond acceptors (Lipinski definition) is 11. The second-order valence-electron chi connectivity index (χ2n) is 10.6. The van der Waals surface area contributed by atoms with Gasteiger partial charge in [-0.25, -0.2) is 0 Å². The summed E-state index contributed by atoms with van der Waals surface area (Å²) in [5, 5.41) is 24.7. The topological polar surface area (TPSA) is 188 Å². The second kappa shape index (κ2) is 17.0. The largest absolute Gasteiger partial charge is 0.508 e. The van der Waals surface area contributed by atoms with E-state index in [0.29, 0.717) is 49.8 Å². The first-order valence-corrected chi connectivity index (χ1v) is 15.3. The number of hydrogen-bond donors (Lipinski definition) is 7. The Morgan fingerprint density at radius 1 is 0.688 bits per heavy atom. The number of nitrogens with two attached hydrogens (primary N) is 1. The lowest BCUT2D eigenvalue weighted by Crippen LogP contribution is -2.36. The first-order valence-electron chi connectivity index (χ1n) is 15.3. The zero-order chi connectivity index (χ0) is 33.6. The molecular formula is C35H37N9O4. The molecule has 0 aliphatic carbocycles. The Bertz CT molecular complexity index is 1760. The molecule has 13 nitrogen and oxygen atoms in total. The van der Waals surface area contributed by atoms with Crippen LogP contribution in [0.2, 0.25) is 0 Å².